The van der Waals surface area contributed by atoms with Crippen molar-refractivity contribution < 1.29 is 14.3 Å². The molecule has 0 radical (unpaired) electrons. The highest BCUT2D eigenvalue weighted by molar-refractivity contribution is 6.03. The zero-order valence-electron chi connectivity index (χ0n) is 12.7. The largest absolute Gasteiger partial charge is 0.493 e. The van der Waals surface area contributed by atoms with Crippen LogP contribution in [0.15, 0.2) is 18.2 Å². The van der Waals surface area contributed by atoms with Crippen LogP contribution >= 0.6 is 0 Å². The summed E-state index contributed by atoms with van der Waals surface area (Å²) in [6, 6.07) is 4.38. The van der Waals surface area contributed by atoms with Gasteiger partial charge in [0.15, 0.2) is 0 Å². The van der Waals surface area contributed by atoms with Crippen molar-refractivity contribution >= 4 is 17.5 Å². The fraction of sp³-hybridized carbons (Fsp3) is 0.467. The van der Waals surface area contributed by atoms with Gasteiger partial charge in [-0.15, -0.1) is 0 Å². The number of amides is 2. The lowest BCUT2D eigenvalue weighted by molar-refractivity contribution is -0.122. The number of hydrogen-bond acceptors (Lipinski definition) is 4. The fourth-order valence-corrected chi connectivity index (χ4v) is 1.80. The molecular formula is C15H23N3O3. The highest BCUT2D eigenvalue weighted by Gasteiger charge is 2.20. The fourth-order valence-electron chi connectivity index (χ4n) is 1.80. The van der Waals surface area contributed by atoms with E-state index in [-0.39, 0.29) is 11.5 Å². The molecule has 116 valence electrons. The van der Waals surface area contributed by atoms with E-state index >= 15 is 0 Å². The Balaban J connectivity index is 2.82. The van der Waals surface area contributed by atoms with Crippen molar-refractivity contribution in [3.63, 3.8) is 0 Å². The molecule has 4 N–H and O–H groups in total. The van der Waals surface area contributed by atoms with Gasteiger partial charge in [0.25, 0.3) is 5.91 Å². The van der Waals surface area contributed by atoms with E-state index in [2.05, 4.69) is 10.6 Å². The molecule has 0 aliphatic carbocycles. The summed E-state index contributed by atoms with van der Waals surface area (Å²) < 4.78 is 5.40. The highest BCUT2D eigenvalue weighted by atomic mass is 16.5. The molecule has 0 fully saturated rings. The van der Waals surface area contributed by atoms with Gasteiger partial charge in [0, 0.05) is 12.2 Å². The van der Waals surface area contributed by atoms with Gasteiger partial charge < -0.3 is 21.1 Å². The molecule has 1 atom stereocenters. The molecule has 0 spiro atoms. The summed E-state index contributed by atoms with van der Waals surface area (Å²) >= 11 is 0. The number of carbonyl (C=O) groups is 2. The van der Waals surface area contributed by atoms with Crippen LogP contribution in [-0.2, 0) is 4.79 Å². The maximum atomic E-state index is 12.3. The maximum Gasteiger partial charge on any atom is 0.257 e. The molecule has 0 saturated carbocycles. The third kappa shape index (κ3) is 4.66. The second kappa shape index (κ2) is 8.14. The van der Waals surface area contributed by atoms with Crippen LogP contribution in [0, 0.1) is 0 Å². The first-order chi connectivity index (χ1) is 10.0. The number of anilines is 1. The average Bonchev–Trinajstić information content (AvgIpc) is 2.44. The van der Waals surface area contributed by atoms with Gasteiger partial charge >= 0.3 is 0 Å². The summed E-state index contributed by atoms with van der Waals surface area (Å²) in [5, 5.41) is 5.36. The van der Waals surface area contributed by atoms with E-state index in [0.717, 1.165) is 6.42 Å². The Hall–Kier alpha value is -2.24. The molecule has 0 saturated heterocycles. The smallest absolute Gasteiger partial charge is 0.257 e. The lowest BCUT2D eigenvalue weighted by Crippen LogP contribution is -2.45. The van der Waals surface area contributed by atoms with Crippen molar-refractivity contribution in [3.05, 3.63) is 23.8 Å². The summed E-state index contributed by atoms with van der Waals surface area (Å²) in [7, 11) is 0. The predicted molar refractivity (Wildman–Crippen MR) is 82.3 cm³/mol. The molecule has 1 rings (SSSR count). The first-order valence-corrected chi connectivity index (χ1v) is 7.11. The highest BCUT2D eigenvalue weighted by Crippen LogP contribution is 2.24. The predicted octanol–water partition coefficient (Wildman–Crippen LogP) is 1.31. The molecule has 6 heteroatoms. The molecule has 1 unspecified atom stereocenters. The van der Waals surface area contributed by atoms with Gasteiger partial charge in [-0.1, -0.05) is 13.0 Å². The number of benzene rings is 1. The number of hydrogen-bond donors (Lipinski definition) is 3. The third-order valence-corrected chi connectivity index (χ3v) is 2.88. The first kappa shape index (κ1) is 16.8. The van der Waals surface area contributed by atoms with Crippen molar-refractivity contribution in [2.45, 2.75) is 33.2 Å². The zero-order chi connectivity index (χ0) is 15.8. The topological polar surface area (TPSA) is 93.5 Å². The summed E-state index contributed by atoms with van der Waals surface area (Å²) in [6.45, 7) is 6.42. The summed E-state index contributed by atoms with van der Waals surface area (Å²) in [5.41, 5.74) is 6.42. The van der Waals surface area contributed by atoms with Crippen molar-refractivity contribution in [1.29, 1.82) is 0 Å². The van der Waals surface area contributed by atoms with Crippen LogP contribution in [0.4, 0.5) is 5.69 Å². The van der Waals surface area contributed by atoms with Gasteiger partial charge in [-0.3, -0.25) is 9.59 Å². The Morgan fingerprint density at radius 2 is 2.05 bits per heavy atom. The van der Waals surface area contributed by atoms with E-state index in [9.17, 15) is 9.59 Å². The molecule has 0 heterocycles. The Morgan fingerprint density at radius 1 is 1.33 bits per heavy atom. The van der Waals surface area contributed by atoms with Crippen molar-refractivity contribution in [2.75, 3.05) is 18.9 Å². The monoisotopic (exact) mass is 293 g/mol. The third-order valence-electron chi connectivity index (χ3n) is 2.88. The van der Waals surface area contributed by atoms with Crippen LogP contribution in [0.3, 0.4) is 0 Å². The summed E-state index contributed by atoms with van der Waals surface area (Å²) in [6.07, 6.45) is 0.840. The number of nitrogens with two attached hydrogens (primary N) is 1. The van der Waals surface area contributed by atoms with Gasteiger partial charge in [0.2, 0.25) is 5.91 Å². The number of nitrogen functional groups attached to an aromatic ring is 1. The maximum absolute atomic E-state index is 12.3. The van der Waals surface area contributed by atoms with Crippen LogP contribution in [0.5, 0.6) is 5.75 Å². The van der Waals surface area contributed by atoms with Crippen LogP contribution in [0.25, 0.3) is 0 Å². The van der Waals surface area contributed by atoms with Crippen molar-refractivity contribution in [2.24, 2.45) is 0 Å². The van der Waals surface area contributed by atoms with E-state index in [0.29, 0.717) is 24.6 Å². The standard InChI is InChI=1S/C15H23N3O3/c1-4-9-17-14(19)10(3)18-15(20)13-11(16)7-6-8-12(13)21-5-2/h6-8,10H,4-5,9,16H2,1-3H3,(H,17,19)(H,18,20). The minimum Gasteiger partial charge on any atom is -0.493 e. The van der Waals surface area contributed by atoms with Crippen LogP contribution in [0.1, 0.15) is 37.6 Å². The minimum atomic E-state index is -0.641. The molecule has 0 aliphatic rings. The van der Waals surface area contributed by atoms with Crippen molar-refractivity contribution in [3.8, 4) is 5.75 Å². The lowest BCUT2D eigenvalue weighted by Gasteiger charge is -2.16. The van der Waals surface area contributed by atoms with Gasteiger partial charge in [-0.25, -0.2) is 0 Å². The normalized spacial score (nSPS) is 11.6. The molecule has 0 bridgehead atoms. The number of nitrogens with one attached hydrogen (secondary N) is 2. The Kier molecular flexibility index (Phi) is 6.52. The first-order valence-electron chi connectivity index (χ1n) is 7.11. The van der Waals surface area contributed by atoms with Gasteiger partial charge in [0.05, 0.1) is 6.61 Å². The SMILES string of the molecule is CCCNC(=O)C(C)NC(=O)c1c(N)cccc1OCC. The molecule has 2 amide bonds. The van der Waals surface area contributed by atoms with Crippen LogP contribution in [-0.4, -0.2) is 31.0 Å². The molecular weight excluding hydrogens is 270 g/mol. The van der Waals surface area contributed by atoms with E-state index in [1.807, 2.05) is 13.8 Å². The molecule has 1 aromatic carbocycles. The van der Waals surface area contributed by atoms with Gasteiger partial charge in [-0.05, 0) is 32.4 Å². The Bertz CT molecular complexity index is 503. The van der Waals surface area contributed by atoms with E-state index < -0.39 is 11.9 Å². The second-order valence-electron chi connectivity index (χ2n) is 4.64. The number of carbonyl (C=O) groups excluding carboxylic acids is 2. The summed E-state index contributed by atoms with van der Waals surface area (Å²) in [4.78, 5) is 24.1. The van der Waals surface area contributed by atoms with Gasteiger partial charge in [-0.2, -0.15) is 0 Å². The summed E-state index contributed by atoms with van der Waals surface area (Å²) in [5.74, 6) is -0.232. The average molecular weight is 293 g/mol. The molecule has 1 aromatic rings. The second-order valence-corrected chi connectivity index (χ2v) is 4.64. The Labute approximate surface area is 125 Å². The minimum absolute atomic E-state index is 0.224. The Morgan fingerprint density at radius 3 is 2.67 bits per heavy atom. The quantitative estimate of drug-likeness (QED) is 0.661. The molecule has 0 aliphatic heterocycles. The van der Waals surface area contributed by atoms with Crippen LogP contribution in [0.2, 0.25) is 0 Å². The van der Waals surface area contributed by atoms with E-state index in [1.54, 1.807) is 25.1 Å². The van der Waals surface area contributed by atoms with Crippen molar-refractivity contribution in [1.82, 2.24) is 10.6 Å². The lowest BCUT2D eigenvalue weighted by atomic mass is 10.1. The van der Waals surface area contributed by atoms with E-state index in [1.165, 1.54) is 0 Å². The zero-order valence-corrected chi connectivity index (χ0v) is 12.7. The molecule has 21 heavy (non-hydrogen) atoms. The molecule has 0 aromatic heterocycles. The number of ether oxygens (including phenoxy) is 1. The number of rotatable bonds is 7. The van der Waals surface area contributed by atoms with E-state index in [4.69, 9.17) is 10.5 Å². The molecule has 6 nitrogen and oxygen atoms in total. The van der Waals surface area contributed by atoms with Gasteiger partial charge in [0.1, 0.15) is 17.4 Å². The van der Waals surface area contributed by atoms with Crippen LogP contribution < -0.4 is 21.1 Å².